The van der Waals surface area contributed by atoms with Gasteiger partial charge in [0.1, 0.15) is 5.82 Å². The minimum Gasteiger partial charge on any atom is -0.348 e. The molecule has 1 aromatic carbocycles. The number of alkyl halides is 3. The monoisotopic (exact) mass is 318 g/mol. The Bertz CT molecular complexity index is 539. The first-order chi connectivity index (χ1) is 10.3. The van der Waals surface area contributed by atoms with Crippen LogP contribution >= 0.6 is 0 Å². The van der Waals surface area contributed by atoms with Gasteiger partial charge in [-0.05, 0) is 37.0 Å². The van der Waals surface area contributed by atoms with Crippen molar-refractivity contribution >= 4 is 5.91 Å². The van der Waals surface area contributed by atoms with Crippen molar-refractivity contribution in [3.63, 3.8) is 0 Å². The van der Waals surface area contributed by atoms with Crippen LogP contribution in [0.5, 0.6) is 0 Å². The van der Waals surface area contributed by atoms with E-state index in [1.54, 1.807) is 0 Å². The van der Waals surface area contributed by atoms with Gasteiger partial charge in [0, 0.05) is 12.6 Å². The van der Waals surface area contributed by atoms with Gasteiger partial charge in [-0.3, -0.25) is 4.79 Å². The second-order valence-electron chi connectivity index (χ2n) is 5.55. The van der Waals surface area contributed by atoms with Crippen molar-refractivity contribution in [1.29, 1.82) is 0 Å². The molecule has 0 radical (unpaired) electrons. The number of halogens is 4. The topological polar surface area (TPSA) is 55.1 Å². The number of carbonyl (C=O) groups excluding carboxylic acids is 1. The first-order valence-electron chi connectivity index (χ1n) is 7.20. The van der Waals surface area contributed by atoms with E-state index >= 15 is 0 Å². The fraction of sp³-hybridized carbons (Fsp3) is 0.533. The van der Waals surface area contributed by atoms with Gasteiger partial charge >= 0.3 is 6.18 Å². The Morgan fingerprint density at radius 2 is 1.95 bits per heavy atom. The molecule has 3 N–H and O–H groups in total. The van der Waals surface area contributed by atoms with Gasteiger partial charge in [-0.15, -0.1) is 0 Å². The first-order valence-corrected chi connectivity index (χ1v) is 7.20. The second kappa shape index (κ2) is 6.64. The van der Waals surface area contributed by atoms with Gasteiger partial charge in [-0.2, -0.15) is 13.2 Å². The predicted molar refractivity (Wildman–Crippen MR) is 73.7 cm³/mol. The quantitative estimate of drug-likeness (QED) is 0.838. The summed E-state index contributed by atoms with van der Waals surface area (Å²) in [6.07, 6.45) is -0.730. The van der Waals surface area contributed by atoms with Crippen molar-refractivity contribution in [2.24, 2.45) is 11.7 Å². The molecule has 0 saturated heterocycles. The van der Waals surface area contributed by atoms with Crippen LogP contribution in [0.4, 0.5) is 17.6 Å². The summed E-state index contributed by atoms with van der Waals surface area (Å²) in [5, 5.41) is 2.57. The van der Waals surface area contributed by atoms with Gasteiger partial charge in [0.25, 0.3) is 5.91 Å². The number of nitrogens with two attached hydrogens (primary N) is 1. The van der Waals surface area contributed by atoms with Crippen LogP contribution in [-0.4, -0.2) is 18.5 Å². The van der Waals surface area contributed by atoms with Gasteiger partial charge in [0.2, 0.25) is 0 Å². The molecule has 122 valence electrons. The molecule has 0 bridgehead atoms. The summed E-state index contributed by atoms with van der Waals surface area (Å²) in [6, 6.07) is 1.46. The van der Waals surface area contributed by atoms with Crippen molar-refractivity contribution in [3.8, 4) is 0 Å². The van der Waals surface area contributed by atoms with Crippen LogP contribution in [0.2, 0.25) is 0 Å². The number of hydrogen-bond acceptors (Lipinski definition) is 2. The maximum atomic E-state index is 13.7. The largest absolute Gasteiger partial charge is 0.416 e. The second-order valence-corrected chi connectivity index (χ2v) is 5.55. The highest BCUT2D eigenvalue weighted by atomic mass is 19.4. The molecule has 0 spiro atoms. The Morgan fingerprint density at radius 3 is 2.50 bits per heavy atom. The molecule has 1 saturated carbocycles. The zero-order chi connectivity index (χ0) is 16.3. The molecule has 1 unspecified atom stereocenters. The summed E-state index contributed by atoms with van der Waals surface area (Å²) in [6.45, 7) is 0.178. The van der Waals surface area contributed by atoms with Gasteiger partial charge < -0.3 is 11.1 Å². The summed E-state index contributed by atoms with van der Waals surface area (Å²) in [5.74, 6) is -1.64. The molecule has 1 aromatic rings. The summed E-state index contributed by atoms with van der Waals surface area (Å²) < 4.78 is 51.7. The lowest BCUT2D eigenvalue weighted by atomic mass is 9.97. The molecule has 0 aromatic heterocycles. The highest BCUT2D eigenvalue weighted by Crippen LogP contribution is 2.31. The van der Waals surface area contributed by atoms with Crippen molar-refractivity contribution in [2.75, 3.05) is 6.54 Å². The van der Waals surface area contributed by atoms with E-state index in [0.29, 0.717) is 18.2 Å². The number of amides is 1. The van der Waals surface area contributed by atoms with Crippen molar-refractivity contribution in [1.82, 2.24) is 5.32 Å². The van der Waals surface area contributed by atoms with E-state index in [9.17, 15) is 22.4 Å². The third kappa shape index (κ3) is 3.76. The normalized spacial score (nSPS) is 17.5. The van der Waals surface area contributed by atoms with Crippen LogP contribution in [0, 0.1) is 11.7 Å². The van der Waals surface area contributed by atoms with Gasteiger partial charge in [-0.25, -0.2) is 4.39 Å². The average Bonchev–Trinajstić information content (AvgIpc) is 2.97. The molecule has 2 rings (SSSR count). The molecule has 1 fully saturated rings. The van der Waals surface area contributed by atoms with Crippen LogP contribution in [-0.2, 0) is 6.18 Å². The fourth-order valence-corrected chi connectivity index (χ4v) is 2.85. The minimum atomic E-state index is -4.62. The van der Waals surface area contributed by atoms with E-state index < -0.39 is 29.0 Å². The molecule has 1 atom stereocenters. The van der Waals surface area contributed by atoms with E-state index in [-0.39, 0.29) is 18.5 Å². The molecule has 0 heterocycles. The molecule has 3 nitrogen and oxygen atoms in total. The van der Waals surface area contributed by atoms with E-state index in [1.165, 1.54) is 0 Å². The van der Waals surface area contributed by atoms with Crippen LogP contribution < -0.4 is 11.1 Å². The van der Waals surface area contributed by atoms with E-state index in [0.717, 1.165) is 25.7 Å². The van der Waals surface area contributed by atoms with Gasteiger partial charge in [0.15, 0.2) is 0 Å². The van der Waals surface area contributed by atoms with E-state index in [1.807, 2.05) is 0 Å². The number of benzene rings is 1. The number of rotatable bonds is 4. The molecule has 0 aliphatic heterocycles. The van der Waals surface area contributed by atoms with E-state index in [2.05, 4.69) is 5.32 Å². The third-order valence-corrected chi connectivity index (χ3v) is 4.08. The van der Waals surface area contributed by atoms with Crippen LogP contribution in [0.3, 0.4) is 0 Å². The Morgan fingerprint density at radius 1 is 1.32 bits per heavy atom. The van der Waals surface area contributed by atoms with Gasteiger partial charge in [-0.1, -0.05) is 12.8 Å². The lowest BCUT2D eigenvalue weighted by Gasteiger charge is -2.23. The lowest BCUT2D eigenvalue weighted by molar-refractivity contribution is -0.137. The molecule has 7 heteroatoms. The number of nitrogens with one attached hydrogen (secondary N) is 1. The lowest BCUT2D eigenvalue weighted by Crippen LogP contribution is -2.44. The average molecular weight is 318 g/mol. The zero-order valence-corrected chi connectivity index (χ0v) is 11.9. The van der Waals surface area contributed by atoms with Crippen molar-refractivity contribution < 1.29 is 22.4 Å². The summed E-state index contributed by atoms with van der Waals surface area (Å²) in [4.78, 5) is 12.1. The Kier molecular flexibility index (Phi) is 5.05. The Hall–Kier alpha value is -1.63. The van der Waals surface area contributed by atoms with Crippen LogP contribution in [0.15, 0.2) is 18.2 Å². The summed E-state index contributed by atoms with van der Waals surface area (Å²) in [5.41, 5.74) is 3.97. The minimum absolute atomic E-state index is 0.178. The highest BCUT2D eigenvalue weighted by Gasteiger charge is 2.32. The fourth-order valence-electron chi connectivity index (χ4n) is 2.85. The third-order valence-electron chi connectivity index (χ3n) is 4.08. The predicted octanol–water partition coefficient (Wildman–Crippen LogP) is 3.09. The Labute approximate surface area is 125 Å². The molecule has 1 aliphatic carbocycles. The SMILES string of the molecule is NCC(NC(=O)c1cc(C(F)(F)F)ccc1F)C1CCCC1. The van der Waals surface area contributed by atoms with Crippen LogP contribution in [0.1, 0.15) is 41.6 Å². The summed E-state index contributed by atoms with van der Waals surface area (Å²) in [7, 11) is 0. The first kappa shape index (κ1) is 16.7. The van der Waals surface area contributed by atoms with Crippen molar-refractivity contribution in [3.05, 3.63) is 35.1 Å². The maximum Gasteiger partial charge on any atom is 0.416 e. The standard InChI is InChI=1S/C15H18F4N2O/c16-12-6-5-10(15(17,18)19)7-11(12)14(22)21-13(8-20)9-3-1-2-4-9/h5-7,9,13H,1-4,8,20H2,(H,21,22). The van der Waals surface area contributed by atoms with E-state index in [4.69, 9.17) is 5.73 Å². The summed E-state index contributed by atoms with van der Waals surface area (Å²) >= 11 is 0. The Balaban J connectivity index is 2.17. The number of hydrogen-bond donors (Lipinski definition) is 2. The molecular formula is C15H18F4N2O. The molecule has 1 amide bonds. The number of carbonyl (C=O) groups is 1. The smallest absolute Gasteiger partial charge is 0.348 e. The highest BCUT2D eigenvalue weighted by molar-refractivity contribution is 5.94. The van der Waals surface area contributed by atoms with Gasteiger partial charge in [0.05, 0.1) is 11.1 Å². The molecule has 22 heavy (non-hydrogen) atoms. The molecule has 1 aliphatic rings. The zero-order valence-electron chi connectivity index (χ0n) is 11.9. The molecular weight excluding hydrogens is 300 g/mol. The van der Waals surface area contributed by atoms with Crippen molar-refractivity contribution in [2.45, 2.75) is 37.9 Å². The van der Waals surface area contributed by atoms with Crippen LogP contribution in [0.25, 0.3) is 0 Å². The maximum absolute atomic E-state index is 13.7.